The van der Waals surface area contributed by atoms with Gasteiger partial charge in [-0.1, -0.05) is 68.0 Å². The zero-order chi connectivity index (χ0) is 41.2. The van der Waals surface area contributed by atoms with Gasteiger partial charge in [-0.25, -0.2) is 4.79 Å². The van der Waals surface area contributed by atoms with Gasteiger partial charge < -0.3 is 29.4 Å². The minimum atomic E-state index is -6.08. The van der Waals surface area contributed by atoms with Gasteiger partial charge in [0.15, 0.2) is 22.8 Å². The molecule has 16 heteroatoms. The maximum absolute atomic E-state index is 13.9. The first-order valence-electron chi connectivity index (χ1n) is 17.7. The van der Waals surface area contributed by atoms with Crippen molar-refractivity contribution < 1.29 is 64.8 Å². The molecule has 300 valence electrons. The van der Waals surface area contributed by atoms with Crippen LogP contribution >= 0.6 is 0 Å². The van der Waals surface area contributed by atoms with Crippen LogP contribution < -0.4 is 14.8 Å². The number of carbonyl (C=O) groups excluding carboxylic acids is 3. The summed E-state index contributed by atoms with van der Waals surface area (Å²) in [5, 5.41) is 12.6. The number of hydrogen-bond donors (Lipinski definition) is 2. The molecule has 3 aromatic rings. The van der Waals surface area contributed by atoms with Crippen LogP contribution in [0.15, 0.2) is 115 Å². The van der Waals surface area contributed by atoms with E-state index in [0.29, 0.717) is 36.3 Å². The first-order chi connectivity index (χ1) is 27.0. The molecular formula is C41H36F6N2O8. The number of aryl methyl sites for hydroxylation is 1. The number of amides is 3. The normalized spacial score (nSPS) is 18.5. The standard InChI is InChI=1S/C41H36F6N2O8/c1-3-10-27-19-28(39(53,40(42,43)44)41(45,46)47)15-18-32(27)56-29-16-17-30(33(20-29)55-22-25-11-6-4-7-12-25)31(50)21-49-36(51)38(2,48-37(49)52)35-24-54-23-34(57-35)26-13-8-5-9-14-26/h4-8,11-13,15-20,23-24,53H,3,9-10,14,21-22H2,1-2H3,(H,48,52). The third kappa shape index (κ3) is 8.12. The lowest BCUT2D eigenvalue weighted by Gasteiger charge is -2.33. The molecule has 0 aromatic heterocycles. The van der Waals surface area contributed by atoms with Crippen LogP contribution in [0.1, 0.15) is 60.2 Å². The molecule has 0 radical (unpaired) electrons. The molecule has 1 saturated heterocycles. The van der Waals surface area contributed by atoms with Crippen molar-refractivity contribution in [2.24, 2.45) is 0 Å². The summed E-state index contributed by atoms with van der Waals surface area (Å²) >= 11 is 0. The summed E-state index contributed by atoms with van der Waals surface area (Å²) in [6.45, 7) is 2.28. The van der Waals surface area contributed by atoms with Gasteiger partial charge >= 0.3 is 18.4 Å². The summed E-state index contributed by atoms with van der Waals surface area (Å²) in [4.78, 5) is 41.6. The number of Topliss-reactive ketones (excluding diaryl/α,β-unsaturated/α-hetero) is 1. The van der Waals surface area contributed by atoms with Crippen LogP contribution in [0, 0.1) is 0 Å². The number of hydrogen-bond acceptors (Lipinski definition) is 8. The molecule has 0 bridgehead atoms. The van der Waals surface area contributed by atoms with Gasteiger partial charge in [0.05, 0.1) is 12.1 Å². The van der Waals surface area contributed by atoms with Gasteiger partial charge in [0.1, 0.15) is 36.4 Å². The number of alkyl halides is 6. The predicted octanol–water partition coefficient (Wildman–Crippen LogP) is 8.82. The Bertz CT molecular complexity index is 2160. The highest BCUT2D eigenvalue weighted by atomic mass is 19.4. The average molecular weight is 799 g/mol. The highest BCUT2D eigenvalue weighted by Crippen LogP contribution is 2.51. The molecule has 1 fully saturated rings. The molecular weight excluding hydrogens is 762 g/mol. The van der Waals surface area contributed by atoms with Crippen molar-refractivity contribution in [1.29, 1.82) is 0 Å². The van der Waals surface area contributed by atoms with Gasteiger partial charge in [0.25, 0.3) is 11.5 Å². The van der Waals surface area contributed by atoms with Crippen molar-refractivity contribution in [2.75, 3.05) is 6.54 Å². The minimum absolute atomic E-state index is 0.00546. The molecule has 1 unspecified atom stereocenters. The Balaban J connectivity index is 1.26. The van der Waals surface area contributed by atoms with E-state index < -0.39 is 53.3 Å². The fourth-order valence-electron chi connectivity index (χ4n) is 6.36. The van der Waals surface area contributed by atoms with Crippen molar-refractivity contribution in [2.45, 2.75) is 69.6 Å². The number of carbonyl (C=O) groups is 3. The second-order valence-electron chi connectivity index (χ2n) is 13.5. The van der Waals surface area contributed by atoms with E-state index in [9.17, 15) is 45.8 Å². The number of halogens is 6. The highest BCUT2D eigenvalue weighted by Gasteiger charge is 2.71. The number of ketones is 1. The molecule has 1 atom stereocenters. The van der Waals surface area contributed by atoms with E-state index in [1.807, 2.05) is 18.2 Å². The first kappa shape index (κ1) is 40.6. The topological polar surface area (TPSA) is 124 Å². The molecule has 10 nitrogen and oxygen atoms in total. The zero-order valence-corrected chi connectivity index (χ0v) is 30.5. The highest BCUT2D eigenvalue weighted by molar-refractivity contribution is 6.12. The number of benzene rings is 3. The van der Waals surface area contributed by atoms with E-state index in [4.69, 9.17) is 18.9 Å². The molecule has 3 aromatic carbocycles. The number of allylic oxidation sites excluding steroid dienone is 4. The van der Waals surface area contributed by atoms with Crippen LogP contribution in [0.25, 0.3) is 0 Å². The van der Waals surface area contributed by atoms with E-state index >= 15 is 0 Å². The summed E-state index contributed by atoms with van der Waals surface area (Å²) in [6.07, 6.45) is -2.20. The summed E-state index contributed by atoms with van der Waals surface area (Å²) in [6, 6.07) is 13.8. The van der Waals surface area contributed by atoms with Gasteiger partial charge in [-0.2, -0.15) is 26.3 Å². The second-order valence-corrected chi connectivity index (χ2v) is 13.5. The van der Waals surface area contributed by atoms with Crippen molar-refractivity contribution in [1.82, 2.24) is 10.2 Å². The molecule has 2 heterocycles. The first-order valence-corrected chi connectivity index (χ1v) is 17.7. The molecule has 2 aliphatic heterocycles. The molecule has 2 N–H and O–H groups in total. The number of rotatable bonds is 13. The lowest BCUT2D eigenvalue weighted by atomic mass is 9.90. The van der Waals surface area contributed by atoms with Crippen molar-refractivity contribution in [3.05, 3.63) is 137 Å². The minimum Gasteiger partial charge on any atom is -0.488 e. The van der Waals surface area contributed by atoms with E-state index in [0.717, 1.165) is 23.0 Å². The summed E-state index contributed by atoms with van der Waals surface area (Å²) in [5.74, 6) is -1.36. The maximum Gasteiger partial charge on any atom is 0.430 e. The molecule has 6 rings (SSSR count). The Morgan fingerprint density at radius 3 is 2.37 bits per heavy atom. The molecule has 3 amide bonds. The Hall–Kier alpha value is -6.03. The van der Waals surface area contributed by atoms with Gasteiger partial charge in [-0.15, -0.1) is 0 Å². The third-order valence-electron chi connectivity index (χ3n) is 9.51. The average Bonchev–Trinajstić information content (AvgIpc) is 3.40. The Morgan fingerprint density at radius 1 is 0.965 bits per heavy atom. The van der Waals surface area contributed by atoms with E-state index in [1.54, 1.807) is 37.3 Å². The quantitative estimate of drug-likeness (QED) is 0.1000. The van der Waals surface area contributed by atoms with Gasteiger partial charge in [0.2, 0.25) is 0 Å². The summed E-state index contributed by atoms with van der Waals surface area (Å²) in [7, 11) is 0. The molecule has 3 aliphatic rings. The fourth-order valence-corrected chi connectivity index (χ4v) is 6.36. The predicted molar refractivity (Wildman–Crippen MR) is 192 cm³/mol. The monoisotopic (exact) mass is 798 g/mol. The summed E-state index contributed by atoms with van der Waals surface area (Å²) in [5.41, 5.74) is -6.91. The van der Waals surface area contributed by atoms with Crippen LogP contribution in [0.5, 0.6) is 17.2 Å². The van der Waals surface area contributed by atoms with Crippen LogP contribution in [0.2, 0.25) is 0 Å². The number of imide groups is 1. The van der Waals surface area contributed by atoms with Crippen molar-refractivity contribution in [3.63, 3.8) is 0 Å². The Morgan fingerprint density at radius 2 is 1.70 bits per heavy atom. The number of nitrogens with one attached hydrogen (secondary N) is 1. The Kier molecular flexibility index (Phi) is 11.3. The molecule has 57 heavy (non-hydrogen) atoms. The number of ether oxygens (including phenoxy) is 4. The summed E-state index contributed by atoms with van der Waals surface area (Å²) < 4.78 is 105. The lowest BCUT2D eigenvalue weighted by Crippen LogP contribution is -2.53. The Labute approximate surface area is 322 Å². The van der Waals surface area contributed by atoms with E-state index in [2.05, 4.69) is 5.32 Å². The van der Waals surface area contributed by atoms with Crippen molar-refractivity contribution >= 4 is 17.7 Å². The maximum atomic E-state index is 13.9. The largest absolute Gasteiger partial charge is 0.488 e. The number of nitrogens with zero attached hydrogens (tertiary/aromatic N) is 1. The fraction of sp³-hybridized carbons (Fsp3) is 0.293. The van der Waals surface area contributed by atoms with E-state index in [-0.39, 0.29) is 47.2 Å². The number of urea groups is 1. The SMILES string of the molecule is CCCc1cc(C(O)(C(F)(F)F)C(F)(F)F)ccc1Oc1ccc(C(=O)CN2C(=O)NC(C)(C3=COC=C(C4=CC=CCC4)O3)C2=O)c(OCc2ccccc2)c1. The second kappa shape index (κ2) is 15.8. The van der Waals surface area contributed by atoms with Crippen molar-refractivity contribution in [3.8, 4) is 17.2 Å². The van der Waals surface area contributed by atoms with Crippen LogP contribution in [-0.2, 0) is 32.9 Å². The third-order valence-corrected chi connectivity index (χ3v) is 9.51. The number of aliphatic hydroxyl groups is 1. The molecule has 0 saturated carbocycles. The lowest BCUT2D eigenvalue weighted by molar-refractivity contribution is -0.376. The molecule has 0 spiro atoms. The van der Waals surface area contributed by atoms with Crippen LogP contribution in [-0.4, -0.2) is 52.2 Å². The van der Waals surface area contributed by atoms with E-state index in [1.165, 1.54) is 37.6 Å². The van der Waals surface area contributed by atoms with Gasteiger partial charge in [-0.05, 0) is 67.2 Å². The van der Waals surface area contributed by atoms with Crippen LogP contribution in [0.3, 0.4) is 0 Å². The van der Waals surface area contributed by atoms with Gasteiger partial charge in [0, 0.05) is 11.6 Å². The molecule has 1 aliphatic carbocycles. The smallest absolute Gasteiger partial charge is 0.430 e. The zero-order valence-electron chi connectivity index (χ0n) is 30.5. The van der Waals surface area contributed by atoms with Crippen LogP contribution in [0.4, 0.5) is 31.1 Å². The van der Waals surface area contributed by atoms with Gasteiger partial charge in [-0.3, -0.25) is 14.5 Å².